The molecule has 0 saturated carbocycles. The third-order valence-electron chi connectivity index (χ3n) is 3.61. The first-order valence-corrected chi connectivity index (χ1v) is 8.05. The number of hydrogen-bond donors (Lipinski definition) is 1. The summed E-state index contributed by atoms with van der Waals surface area (Å²) in [5, 5.41) is 16.9. The van der Waals surface area contributed by atoms with Gasteiger partial charge in [-0.25, -0.2) is 0 Å². The SMILES string of the molecule is CN(C)CCCNCc1cn(CCC#N)nc1-c1ccccc1. The standard InChI is InChI=1S/C18H25N5/c1-22(2)12-7-11-20-14-17-15-23(13-6-10-19)21-18(17)16-8-4-3-5-9-16/h3-5,8-9,15,20H,6-7,11-14H2,1-2H3. The van der Waals surface area contributed by atoms with E-state index in [1.54, 1.807) is 0 Å². The van der Waals surface area contributed by atoms with E-state index in [1.165, 1.54) is 5.56 Å². The van der Waals surface area contributed by atoms with Crippen molar-refractivity contribution >= 4 is 0 Å². The van der Waals surface area contributed by atoms with Gasteiger partial charge in [0.25, 0.3) is 0 Å². The summed E-state index contributed by atoms with van der Waals surface area (Å²) in [7, 11) is 4.18. The van der Waals surface area contributed by atoms with E-state index >= 15 is 0 Å². The third-order valence-corrected chi connectivity index (χ3v) is 3.61. The Morgan fingerprint density at radius 1 is 1.26 bits per heavy atom. The monoisotopic (exact) mass is 311 g/mol. The summed E-state index contributed by atoms with van der Waals surface area (Å²) in [6.07, 6.45) is 3.65. The predicted molar refractivity (Wildman–Crippen MR) is 92.8 cm³/mol. The minimum atomic E-state index is 0.478. The average Bonchev–Trinajstić information content (AvgIpc) is 2.96. The maximum Gasteiger partial charge on any atom is 0.0968 e. The van der Waals surface area contributed by atoms with Crippen LogP contribution in [0.1, 0.15) is 18.4 Å². The molecule has 0 spiro atoms. The van der Waals surface area contributed by atoms with Crippen molar-refractivity contribution in [2.75, 3.05) is 27.2 Å². The fourth-order valence-electron chi connectivity index (χ4n) is 2.45. The van der Waals surface area contributed by atoms with Crippen LogP contribution in [-0.2, 0) is 13.1 Å². The Morgan fingerprint density at radius 2 is 2.04 bits per heavy atom. The molecule has 0 aliphatic rings. The topological polar surface area (TPSA) is 56.9 Å². The van der Waals surface area contributed by atoms with E-state index in [0.29, 0.717) is 13.0 Å². The van der Waals surface area contributed by atoms with Crippen LogP contribution in [0.4, 0.5) is 0 Å². The van der Waals surface area contributed by atoms with E-state index in [1.807, 2.05) is 22.9 Å². The van der Waals surface area contributed by atoms with E-state index in [2.05, 4.69) is 53.8 Å². The van der Waals surface area contributed by atoms with Gasteiger partial charge in [-0.05, 0) is 33.6 Å². The summed E-state index contributed by atoms with van der Waals surface area (Å²) in [6.45, 7) is 3.50. The number of hydrogen-bond acceptors (Lipinski definition) is 4. The van der Waals surface area contributed by atoms with E-state index in [-0.39, 0.29) is 0 Å². The smallest absolute Gasteiger partial charge is 0.0968 e. The van der Waals surface area contributed by atoms with Crippen LogP contribution in [-0.4, -0.2) is 41.9 Å². The summed E-state index contributed by atoms with van der Waals surface area (Å²) < 4.78 is 1.88. The van der Waals surface area contributed by atoms with Crippen molar-refractivity contribution in [2.24, 2.45) is 0 Å². The van der Waals surface area contributed by atoms with E-state index < -0.39 is 0 Å². The fourth-order valence-corrected chi connectivity index (χ4v) is 2.45. The lowest BCUT2D eigenvalue weighted by atomic mass is 10.1. The summed E-state index contributed by atoms with van der Waals surface area (Å²) in [4.78, 5) is 2.19. The summed E-state index contributed by atoms with van der Waals surface area (Å²) in [5.41, 5.74) is 3.30. The molecule has 0 saturated heterocycles. The van der Waals surface area contributed by atoms with Crippen LogP contribution in [0, 0.1) is 11.3 Å². The predicted octanol–water partition coefficient (Wildman–Crippen LogP) is 2.51. The number of aryl methyl sites for hydroxylation is 1. The quantitative estimate of drug-likeness (QED) is 0.723. The van der Waals surface area contributed by atoms with Crippen molar-refractivity contribution in [1.29, 1.82) is 5.26 Å². The largest absolute Gasteiger partial charge is 0.312 e. The molecule has 2 rings (SSSR count). The fraction of sp³-hybridized carbons (Fsp3) is 0.444. The zero-order chi connectivity index (χ0) is 16.5. The molecule has 1 aromatic heterocycles. The molecule has 1 N–H and O–H groups in total. The highest BCUT2D eigenvalue weighted by Crippen LogP contribution is 2.21. The van der Waals surface area contributed by atoms with E-state index in [4.69, 9.17) is 5.26 Å². The number of benzene rings is 1. The Bertz CT molecular complexity index is 625. The number of aromatic nitrogens is 2. The average molecular weight is 311 g/mol. The van der Waals surface area contributed by atoms with Gasteiger partial charge in [0.15, 0.2) is 0 Å². The van der Waals surface area contributed by atoms with Gasteiger partial charge in [-0.15, -0.1) is 0 Å². The third kappa shape index (κ3) is 5.51. The van der Waals surface area contributed by atoms with E-state index in [0.717, 1.165) is 37.3 Å². The van der Waals surface area contributed by atoms with Crippen LogP contribution in [0.3, 0.4) is 0 Å². The molecule has 0 radical (unpaired) electrons. The van der Waals surface area contributed by atoms with Crippen molar-refractivity contribution < 1.29 is 0 Å². The van der Waals surface area contributed by atoms with Gasteiger partial charge in [0, 0.05) is 23.9 Å². The Kier molecular flexibility index (Phi) is 6.79. The summed E-state index contributed by atoms with van der Waals surface area (Å²) >= 11 is 0. The van der Waals surface area contributed by atoms with Gasteiger partial charge >= 0.3 is 0 Å². The maximum absolute atomic E-state index is 8.76. The lowest BCUT2D eigenvalue weighted by molar-refractivity contribution is 0.394. The second-order valence-corrected chi connectivity index (χ2v) is 5.87. The molecule has 0 amide bonds. The molecule has 0 fully saturated rings. The minimum Gasteiger partial charge on any atom is -0.312 e. The van der Waals surface area contributed by atoms with Crippen LogP contribution < -0.4 is 5.32 Å². The summed E-state index contributed by atoms with van der Waals surface area (Å²) in [6, 6.07) is 12.4. The Morgan fingerprint density at radius 3 is 2.74 bits per heavy atom. The lowest BCUT2D eigenvalue weighted by Crippen LogP contribution is -2.21. The highest BCUT2D eigenvalue weighted by Gasteiger charge is 2.10. The van der Waals surface area contributed by atoms with Crippen LogP contribution >= 0.6 is 0 Å². The molecule has 0 aliphatic heterocycles. The second kappa shape index (κ2) is 9.09. The van der Waals surface area contributed by atoms with Gasteiger partial charge in [0.1, 0.15) is 0 Å². The molecular weight excluding hydrogens is 286 g/mol. The first-order valence-electron chi connectivity index (χ1n) is 8.05. The zero-order valence-corrected chi connectivity index (χ0v) is 14.0. The molecule has 0 aliphatic carbocycles. The molecular formula is C18H25N5. The van der Waals surface area contributed by atoms with Gasteiger partial charge in [-0.3, -0.25) is 4.68 Å². The second-order valence-electron chi connectivity index (χ2n) is 5.87. The highest BCUT2D eigenvalue weighted by atomic mass is 15.3. The van der Waals surface area contributed by atoms with Gasteiger partial charge in [-0.1, -0.05) is 30.3 Å². The number of rotatable bonds is 9. The minimum absolute atomic E-state index is 0.478. The maximum atomic E-state index is 8.76. The van der Waals surface area contributed by atoms with Crippen molar-refractivity contribution in [1.82, 2.24) is 20.0 Å². The first kappa shape index (κ1) is 17.2. The summed E-state index contributed by atoms with van der Waals surface area (Å²) in [5.74, 6) is 0. The van der Waals surface area contributed by atoms with Crippen LogP contribution in [0.15, 0.2) is 36.5 Å². The van der Waals surface area contributed by atoms with E-state index in [9.17, 15) is 0 Å². The zero-order valence-electron chi connectivity index (χ0n) is 14.0. The Labute approximate surface area is 138 Å². The molecule has 23 heavy (non-hydrogen) atoms. The van der Waals surface area contributed by atoms with Crippen molar-refractivity contribution in [3.63, 3.8) is 0 Å². The molecule has 5 nitrogen and oxygen atoms in total. The molecule has 122 valence electrons. The van der Waals surface area contributed by atoms with Gasteiger partial charge in [0.2, 0.25) is 0 Å². The molecule has 0 unspecified atom stereocenters. The normalized spacial score (nSPS) is 10.9. The van der Waals surface area contributed by atoms with Crippen molar-refractivity contribution in [3.8, 4) is 17.3 Å². The molecule has 2 aromatic rings. The Hall–Kier alpha value is -2.16. The number of nitrogens with zero attached hydrogens (tertiary/aromatic N) is 4. The Balaban J connectivity index is 2.04. The molecule has 0 bridgehead atoms. The number of nitrogens with one attached hydrogen (secondary N) is 1. The number of nitriles is 1. The lowest BCUT2D eigenvalue weighted by Gasteiger charge is -2.09. The van der Waals surface area contributed by atoms with Crippen LogP contribution in [0.5, 0.6) is 0 Å². The van der Waals surface area contributed by atoms with Crippen LogP contribution in [0.2, 0.25) is 0 Å². The molecule has 1 aromatic carbocycles. The van der Waals surface area contributed by atoms with Crippen molar-refractivity contribution in [2.45, 2.75) is 25.9 Å². The van der Waals surface area contributed by atoms with Gasteiger partial charge < -0.3 is 10.2 Å². The van der Waals surface area contributed by atoms with Gasteiger partial charge in [-0.2, -0.15) is 10.4 Å². The van der Waals surface area contributed by atoms with Gasteiger partial charge in [0.05, 0.1) is 24.7 Å². The van der Waals surface area contributed by atoms with Crippen LogP contribution in [0.25, 0.3) is 11.3 Å². The molecule has 0 atom stereocenters. The molecule has 5 heteroatoms. The molecule has 1 heterocycles. The first-order chi connectivity index (χ1) is 11.2. The highest BCUT2D eigenvalue weighted by molar-refractivity contribution is 5.62. The van der Waals surface area contributed by atoms with Crippen molar-refractivity contribution in [3.05, 3.63) is 42.1 Å².